The lowest BCUT2D eigenvalue weighted by Gasteiger charge is -2.17. The molecule has 0 spiro atoms. The predicted molar refractivity (Wildman–Crippen MR) is 127 cm³/mol. The molecule has 6 nitrogen and oxygen atoms in total. The van der Waals surface area contributed by atoms with Crippen LogP contribution in [0.25, 0.3) is 0 Å². The van der Waals surface area contributed by atoms with Gasteiger partial charge in [-0.05, 0) is 31.4 Å². The van der Waals surface area contributed by atoms with Crippen LogP contribution >= 0.6 is 35.3 Å². The van der Waals surface area contributed by atoms with Crippen LogP contribution in [0.3, 0.4) is 0 Å². The van der Waals surface area contributed by atoms with Crippen LogP contribution < -0.4 is 15.5 Å². The number of fused-ring (bicyclic) bond motifs is 1. The number of rotatable bonds is 7. The van der Waals surface area contributed by atoms with Crippen LogP contribution in [0.4, 0.5) is 5.69 Å². The van der Waals surface area contributed by atoms with Crippen LogP contribution in [0, 0.1) is 0 Å². The van der Waals surface area contributed by atoms with Gasteiger partial charge in [-0.1, -0.05) is 25.1 Å². The van der Waals surface area contributed by atoms with Crippen LogP contribution in [0.1, 0.15) is 29.3 Å². The number of thiazole rings is 1. The maximum Gasteiger partial charge on any atom is 0.248 e. The van der Waals surface area contributed by atoms with E-state index in [9.17, 15) is 4.79 Å². The molecule has 1 aromatic carbocycles. The number of amides is 1. The fourth-order valence-electron chi connectivity index (χ4n) is 3.09. The second-order valence-electron chi connectivity index (χ2n) is 6.37. The van der Waals surface area contributed by atoms with E-state index < -0.39 is 0 Å². The van der Waals surface area contributed by atoms with Crippen molar-refractivity contribution in [3.05, 3.63) is 45.9 Å². The number of anilines is 1. The zero-order valence-corrected chi connectivity index (χ0v) is 19.5. The lowest BCUT2D eigenvalue weighted by molar-refractivity contribution is -0.117. The zero-order valence-electron chi connectivity index (χ0n) is 16.4. The number of nitrogens with zero attached hydrogens (tertiary/aromatic N) is 3. The van der Waals surface area contributed by atoms with Crippen molar-refractivity contribution >= 4 is 52.9 Å². The van der Waals surface area contributed by atoms with Crippen molar-refractivity contribution in [1.29, 1.82) is 0 Å². The van der Waals surface area contributed by atoms with E-state index in [1.165, 1.54) is 10.4 Å². The van der Waals surface area contributed by atoms with Gasteiger partial charge >= 0.3 is 0 Å². The summed E-state index contributed by atoms with van der Waals surface area (Å²) in [4.78, 5) is 24.7. The largest absolute Gasteiger partial charge is 0.357 e. The van der Waals surface area contributed by atoms with Crippen molar-refractivity contribution in [3.8, 4) is 0 Å². The summed E-state index contributed by atoms with van der Waals surface area (Å²) in [5.41, 5.74) is 2.25. The maximum atomic E-state index is 12.6. The smallest absolute Gasteiger partial charge is 0.248 e. The van der Waals surface area contributed by atoms with Gasteiger partial charge in [-0.25, -0.2) is 9.98 Å². The van der Waals surface area contributed by atoms with Crippen LogP contribution in [0.15, 0.2) is 35.5 Å². The summed E-state index contributed by atoms with van der Waals surface area (Å²) in [5, 5.41) is 7.62. The molecule has 2 aromatic rings. The molecule has 3 rings (SSSR count). The number of aromatic nitrogens is 1. The minimum Gasteiger partial charge on any atom is -0.357 e. The fourth-order valence-corrected chi connectivity index (χ4v) is 3.95. The molecule has 2 N–H and O–H groups in total. The molecule has 2 heterocycles. The first-order valence-electron chi connectivity index (χ1n) is 9.55. The number of hydrogen-bond acceptors (Lipinski definition) is 4. The molecule has 0 atom stereocenters. The first-order valence-corrected chi connectivity index (χ1v) is 10.4. The predicted octanol–water partition coefficient (Wildman–Crippen LogP) is 3.01. The van der Waals surface area contributed by atoms with Gasteiger partial charge in [0.25, 0.3) is 0 Å². The number of hydrogen-bond donors (Lipinski definition) is 2. The zero-order chi connectivity index (χ0) is 19.1. The Morgan fingerprint density at radius 2 is 2.11 bits per heavy atom. The second kappa shape index (κ2) is 11.4. The van der Waals surface area contributed by atoms with Gasteiger partial charge < -0.3 is 15.5 Å². The molecule has 1 aliphatic rings. The third kappa shape index (κ3) is 5.91. The molecule has 0 unspecified atom stereocenters. The van der Waals surface area contributed by atoms with Crippen LogP contribution in [-0.2, 0) is 24.1 Å². The van der Waals surface area contributed by atoms with E-state index in [2.05, 4.69) is 33.6 Å². The number of benzene rings is 1. The van der Waals surface area contributed by atoms with E-state index in [-0.39, 0.29) is 36.4 Å². The Kier molecular flexibility index (Phi) is 9.17. The average Bonchev–Trinajstić information content (AvgIpc) is 3.32. The minimum absolute atomic E-state index is 0. The molecule has 0 bridgehead atoms. The van der Waals surface area contributed by atoms with Crippen molar-refractivity contribution in [2.24, 2.45) is 4.99 Å². The van der Waals surface area contributed by atoms with Crippen LogP contribution in [0.2, 0.25) is 0 Å². The van der Waals surface area contributed by atoms with Crippen LogP contribution in [-0.4, -0.2) is 43.0 Å². The van der Waals surface area contributed by atoms with Crippen molar-refractivity contribution in [2.75, 3.05) is 31.1 Å². The highest BCUT2D eigenvalue weighted by Gasteiger charge is 2.23. The van der Waals surface area contributed by atoms with Crippen molar-refractivity contribution in [3.63, 3.8) is 0 Å². The lowest BCUT2D eigenvalue weighted by atomic mass is 10.2. The molecule has 0 radical (unpaired) electrons. The topological polar surface area (TPSA) is 69.6 Å². The molecule has 1 aliphatic heterocycles. The summed E-state index contributed by atoms with van der Waals surface area (Å²) >= 11 is 1.75. The number of nitrogens with one attached hydrogen (secondary N) is 2. The first kappa shape index (κ1) is 22.6. The van der Waals surface area contributed by atoms with E-state index >= 15 is 0 Å². The first-order chi connectivity index (χ1) is 13.2. The minimum atomic E-state index is 0. The normalized spacial score (nSPS) is 13.1. The Bertz CT molecular complexity index is 807. The number of carbonyl (C=O) groups excluding carboxylic acids is 1. The molecule has 1 aromatic heterocycles. The summed E-state index contributed by atoms with van der Waals surface area (Å²) in [5.74, 6) is 0.704. The Morgan fingerprint density at radius 1 is 1.29 bits per heavy atom. The SMILES string of the molecule is CCNC(=NCC(=O)N1CCc2ccccc21)NCCc1ncc(CC)s1.I. The van der Waals surface area contributed by atoms with Gasteiger partial charge in [-0.15, -0.1) is 35.3 Å². The monoisotopic (exact) mass is 513 g/mol. The Morgan fingerprint density at radius 3 is 2.86 bits per heavy atom. The van der Waals surface area contributed by atoms with Gasteiger partial charge in [0.1, 0.15) is 6.54 Å². The van der Waals surface area contributed by atoms with Crippen molar-refractivity contribution < 1.29 is 4.79 Å². The third-order valence-corrected chi connectivity index (χ3v) is 5.69. The Balaban J connectivity index is 0.00000280. The Hall–Kier alpha value is -1.68. The molecule has 0 saturated carbocycles. The van der Waals surface area contributed by atoms with Gasteiger partial charge in [-0.3, -0.25) is 4.79 Å². The standard InChI is InChI=1S/C20H27N5OS.HI/c1-3-16-13-23-18(27-16)9-11-22-20(21-4-2)24-14-19(26)25-12-10-15-7-5-6-8-17(15)25;/h5-8,13H,3-4,9-12,14H2,1-2H3,(H2,21,22,24);1H. The van der Waals surface area contributed by atoms with E-state index in [1.54, 1.807) is 11.3 Å². The number of guanidine groups is 1. The van der Waals surface area contributed by atoms with Gasteiger partial charge in [0.2, 0.25) is 5.91 Å². The lowest BCUT2D eigenvalue weighted by Crippen LogP contribution is -2.39. The molecular weight excluding hydrogens is 485 g/mol. The van der Waals surface area contributed by atoms with Gasteiger partial charge in [0.15, 0.2) is 5.96 Å². The molecular formula is C20H28IN5OS. The van der Waals surface area contributed by atoms with E-state index in [4.69, 9.17) is 0 Å². The molecule has 28 heavy (non-hydrogen) atoms. The quantitative estimate of drug-likeness (QED) is 0.340. The third-order valence-electron chi connectivity index (χ3n) is 4.49. The number of aliphatic imine (C=N–C) groups is 1. The average molecular weight is 513 g/mol. The van der Waals surface area contributed by atoms with Crippen LogP contribution in [0.5, 0.6) is 0 Å². The number of halogens is 1. The van der Waals surface area contributed by atoms with Gasteiger partial charge in [0, 0.05) is 42.8 Å². The highest BCUT2D eigenvalue weighted by molar-refractivity contribution is 14.0. The molecule has 0 saturated heterocycles. The summed E-state index contributed by atoms with van der Waals surface area (Å²) in [6, 6.07) is 8.08. The van der Waals surface area contributed by atoms with E-state index in [0.717, 1.165) is 49.6 Å². The van der Waals surface area contributed by atoms with Gasteiger partial charge in [0.05, 0.1) is 5.01 Å². The number of aryl methyl sites for hydroxylation is 1. The fraction of sp³-hybridized carbons (Fsp3) is 0.450. The van der Waals surface area contributed by atoms with Crippen molar-refractivity contribution in [2.45, 2.75) is 33.1 Å². The number of para-hydroxylation sites is 1. The van der Waals surface area contributed by atoms with Crippen molar-refractivity contribution in [1.82, 2.24) is 15.6 Å². The maximum absolute atomic E-state index is 12.6. The highest BCUT2D eigenvalue weighted by atomic mass is 127. The highest BCUT2D eigenvalue weighted by Crippen LogP contribution is 2.27. The summed E-state index contributed by atoms with van der Waals surface area (Å²) in [7, 11) is 0. The Labute approximate surface area is 187 Å². The summed E-state index contributed by atoms with van der Waals surface area (Å²) < 4.78 is 0. The number of carbonyl (C=O) groups is 1. The van der Waals surface area contributed by atoms with Gasteiger partial charge in [-0.2, -0.15) is 0 Å². The molecule has 0 fully saturated rings. The molecule has 0 aliphatic carbocycles. The molecule has 1 amide bonds. The van der Waals surface area contributed by atoms with E-state index in [0.29, 0.717) is 5.96 Å². The summed E-state index contributed by atoms with van der Waals surface area (Å²) in [6.45, 7) is 6.53. The summed E-state index contributed by atoms with van der Waals surface area (Å²) in [6.07, 6.45) is 4.74. The molecule has 152 valence electrons. The second-order valence-corrected chi connectivity index (χ2v) is 7.57. The molecule has 8 heteroatoms. The van der Waals surface area contributed by atoms with E-state index in [1.807, 2.05) is 36.2 Å².